The Hall–Kier alpha value is -5.18. The molecule has 0 bridgehead atoms. The molecule has 7 aromatic carbocycles. The van der Waals surface area contributed by atoms with Crippen LogP contribution >= 0.6 is 15.9 Å². The third kappa shape index (κ3) is 3.86. The van der Waals surface area contributed by atoms with E-state index in [0.717, 1.165) is 10.2 Å². The minimum atomic E-state index is -0.401. The van der Waals surface area contributed by atoms with E-state index in [1.165, 1.54) is 66.3 Å². The molecular formula is C43H28BrN. The van der Waals surface area contributed by atoms with Gasteiger partial charge in [-0.3, -0.25) is 0 Å². The molecule has 0 spiro atoms. The molecule has 2 heteroatoms. The van der Waals surface area contributed by atoms with Crippen LogP contribution < -0.4 is 0 Å². The highest BCUT2D eigenvalue weighted by molar-refractivity contribution is 9.10. The summed E-state index contributed by atoms with van der Waals surface area (Å²) in [5.41, 5.74) is 13.4. The van der Waals surface area contributed by atoms with E-state index in [9.17, 15) is 0 Å². The molecule has 0 unspecified atom stereocenters. The van der Waals surface area contributed by atoms with Gasteiger partial charge in [-0.25, -0.2) is 0 Å². The van der Waals surface area contributed by atoms with E-state index in [2.05, 4.69) is 190 Å². The van der Waals surface area contributed by atoms with Crippen LogP contribution in [-0.4, -0.2) is 4.57 Å². The fourth-order valence-corrected chi connectivity index (χ4v) is 8.07. The minimum Gasteiger partial charge on any atom is -0.309 e. The van der Waals surface area contributed by atoms with Crippen LogP contribution in [0.2, 0.25) is 0 Å². The van der Waals surface area contributed by atoms with Gasteiger partial charge in [0.2, 0.25) is 0 Å². The Morgan fingerprint density at radius 3 is 1.84 bits per heavy atom. The Bertz CT molecular complexity index is 2340. The molecule has 0 radical (unpaired) electrons. The molecule has 1 aromatic heterocycles. The van der Waals surface area contributed by atoms with Crippen LogP contribution in [0.4, 0.5) is 0 Å². The lowest BCUT2D eigenvalue weighted by molar-refractivity contribution is 0.768. The maximum atomic E-state index is 3.67. The molecule has 1 aliphatic rings. The summed E-state index contributed by atoms with van der Waals surface area (Å²) in [5.74, 6) is 0. The van der Waals surface area contributed by atoms with Gasteiger partial charge in [0.1, 0.15) is 0 Å². The van der Waals surface area contributed by atoms with Gasteiger partial charge >= 0.3 is 0 Å². The topological polar surface area (TPSA) is 4.93 Å². The molecule has 0 N–H and O–H groups in total. The second kappa shape index (κ2) is 10.2. The Morgan fingerprint density at radius 2 is 1.07 bits per heavy atom. The van der Waals surface area contributed by atoms with Crippen molar-refractivity contribution in [1.82, 2.24) is 4.57 Å². The molecule has 8 aromatic rings. The zero-order valence-corrected chi connectivity index (χ0v) is 26.1. The van der Waals surface area contributed by atoms with Crippen molar-refractivity contribution in [3.05, 3.63) is 197 Å². The van der Waals surface area contributed by atoms with Crippen LogP contribution in [0.3, 0.4) is 0 Å². The van der Waals surface area contributed by atoms with Crippen molar-refractivity contribution in [1.29, 1.82) is 0 Å². The van der Waals surface area contributed by atoms with E-state index in [-0.39, 0.29) is 0 Å². The summed E-state index contributed by atoms with van der Waals surface area (Å²) in [5, 5.41) is 2.52. The number of fused-ring (bicyclic) bond motifs is 6. The van der Waals surface area contributed by atoms with Gasteiger partial charge in [0.15, 0.2) is 0 Å². The Morgan fingerprint density at radius 1 is 0.422 bits per heavy atom. The molecule has 0 amide bonds. The van der Waals surface area contributed by atoms with Crippen molar-refractivity contribution in [2.45, 2.75) is 5.41 Å². The van der Waals surface area contributed by atoms with Crippen LogP contribution in [0.25, 0.3) is 49.7 Å². The van der Waals surface area contributed by atoms with Crippen molar-refractivity contribution < 1.29 is 0 Å². The number of para-hydroxylation sites is 1. The number of halogens is 1. The summed E-state index contributed by atoms with van der Waals surface area (Å²) < 4.78 is 3.53. The molecular weight excluding hydrogens is 610 g/mol. The van der Waals surface area contributed by atoms with E-state index in [1.54, 1.807) is 0 Å². The van der Waals surface area contributed by atoms with Crippen LogP contribution in [0, 0.1) is 0 Å². The van der Waals surface area contributed by atoms with E-state index in [0.29, 0.717) is 0 Å². The zero-order chi connectivity index (χ0) is 30.0. The highest BCUT2D eigenvalue weighted by Crippen LogP contribution is 2.56. The molecule has 0 fully saturated rings. The van der Waals surface area contributed by atoms with Crippen molar-refractivity contribution in [2.24, 2.45) is 0 Å². The minimum absolute atomic E-state index is 0.401. The number of hydrogen-bond acceptors (Lipinski definition) is 0. The fraction of sp³-hybridized carbons (Fsp3) is 0.0233. The van der Waals surface area contributed by atoms with Gasteiger partial charge in [0, 0.05) is 20.9 Å². The van der Waals surface area contributed by atoms with Crippen LogP contribution in [0.5, 0.6) is 0 Å². The van der Waals surface area contributed by atoms with Gasteiger partial charge in [0.25, 0.3) is 0 Å². The third-order valence-corrected chi connectivity index (χ3v) is 10.0. The van der Waals surface area contributed by atoms with Gasteiger partial charge < -0.3 is 4.57 Å². The molecule has 9 rings (SSSR count). The number of rotatable bonds is 4. The van der Waals surface area contributed by atoms with Gasteiger partial charge in [-0.05, 0) is 80.9 Å². The standard InChI is InChI=1S/C43H28BrN/c44-33-17-11-12-29(26-33)30-22-24-37-36-19-8-10-21-41(36)45(42(37)27-30)34-23-25-40-38(28-34)35-18-7-9-20-39(35)43(40,31-13-3-1-4-14-31)32-15-5-2-6-16-32/h1-28H. The maximum Gasteiger partial charge on any atom is 0.0713 e. The van der Waals surface area contributed by atoms with Crippen molar-refractivity contribution >= 4 is 37.7 Å². The summed E-state index contributed by atoms with van der Waals surface area (Å²) in [4.78, 5) is 0. The first kappa shape index (κ1) is 26.2. The lowest BCUT2D eigenvalue weighted by Crippen LogP contribution is -2.28. The van der Waals surface area contributed by atoms with Crippen LogP contribution in [-0.2, 0) is 5.41 Å². The zero-order valence-electron chi connectivity index (χ0n) is 24.5. The summed E-state index contributed by atoms with van der Waals surface area (Å²) in [6, 6.07) is 62.3. The summed E-state index contributed by atoms with van der Waals surface area (Å²) in [7, 11) is 0. The molecule has 0 aliphatic heterocycles. The Kier molecular flexibility index (Phi) is 5.94. The monoisotopic (exact) mass is 637 g/mol. The molecule has 1 aliphatic carbocycles. The molecule has 0 atom stereocenters. The van der Waals surface area contributed by atoms with Crippen LogP contribution in [0.15, 0.2) is 174 Å². The van der Waals surface area contributed by atoms with E-state index >= 15 is 0 Å². The summed E-state index contributed by atoms with van der Waals surface area (Å²) in [6.45, 7) is 0. The predicted octanol–water partition coefficient (Wildman–Crippen LogP) is 11.6. The quantitative estimate of drug-likeness (QED) is 0.181. The highest BCUT2D eigenvalue weighted by atomic mass is 79.9. The smallest absolute Gasteiger partial charge is 0.0713 e. The molecule has 212 valence electrons. The third-order valence-electron chi connectivity index (χ3n) is 9.53. The fourth-order valence-electron chi connectivity index (χ4n) is 7.67. The first-order valence-corrected chi connectivity index (χ1v) is 16.2. The van der Waals surface area contributed by atoms with Crippen molar-refractivity contribution in [2.75, 3.05) is 0 Å². The predicted molar refractivity (Wildman–Crippen MR) is 191 cm³/mol. The molecule has 45 heavy (non-hydrogen) atoms. The largest absolute Gasteiger partial charge is 0.309 e. The second-order valence-electron chi connectivity index (χ2n) is 11.9. The first-order valence-electron chi connectivity index (χ1n) is 15.4. The van der Waals surface area contributed by atoms with E-state index in [1.807, 2.05) is 0 Å². The van der Waals surface area contributed by atoms with Crippen LogP contribution in [0.1, 0.15) is 22.3 Å². The average Bonchev–Trinajstić information content (AvgIpc) is 3.59. The summed E-state index contributed by atoms with van der Waals surface area (Å²) >= 11 is 3.67. The van der Waals surface area contributed by atoms with Gasteiger partial charge in [0.05, 0.1) is 16.4 Å². The number of aromatic nitrogens is 1. The maximum absolute atomic E-state index is 3.67. The van der Waals surface area contributed by atoms with Gasteiger partial charge in [-0.2, -0.15) is 0 Å². The second-order valence-corrected chi connectivity index (χ2v) is 12.8. The van der Waals surface area contributed by atoms with Crippen molar-refractivity contribution in [3.8, 4) is 27.9 Å². The van der Waals surface area contributed by atoms with E-state index < -0.39 is 5.41 Å². The average molecular weight is 639 g/mol. The Balaban J connectivity index is 1.34. The number of nitrogens with zero attached hydrogens (tertiary/aromatic N) is 1. The SMILES string of the molecule is Brc1cccc(-c2ccc3c4ccccc4n(-c4ccc5c(c4)-c4ccccc4C5(c4ccccc4)c4ccccc4)c3c2)c1. The first-order chi connectivity index (χ1) is 22.2. The summed E-state index contributed by atoms with van der Waals surface area (Å²) in [6.07, 6.45) is 0. The molecule has 0 saturated carbocycles. The lowest BCUT2D eigenvalue weighted by atomic mass is 9.68. The molecule has 0 saturated heterocycles. The van der Waals surface area contributed by atoms with Crippen molar-refractivity contribution in [3.63, 3.8) is 0 Å². The molecule has 1 nitrogen and oxygen atoms in total. The van der Waals surface area contributed by atoms with Gasteiger partial charge in [-0.15, -0.1) is 0 Å². The number of benzene rings is 7. The highest BCUT2D eigenvalue weighted by Gasteiger charge is 2.46. The molecule has 1 heterocycles. The Labute approximate surface area is 271 Å². The van der Waals surface area contributed by atoms with Gasteiger partial charge in [-0.1, -0.05) is 149 Å². The number of hydrogen-bond donors (Lipinski definition) is 0. The normalized spacial score (nSPS) is 13.2. The van der Waals surface area contributed by atoms with E-state index in [4.69, 9.17) is 0 Å². The lowest BCUT2D eigenvalue weighted by Gasteiger charge is -2.33.